The van der Waals surface area contributed by atoms with Crippen molar-refractivity contribution in [3.05, 3.63) is 54.0 Å². The molecule has 6 nitrogen and oxygen atoms in total. The topological polar surface area (TPSA) is 55.7 Å². The minimum Gasteiger partial charge on any atom is -0.383 e. The molecule has 2 aromatic rings. The van der Waals surface area contributed by atoms with Gasteiger partial charge in [-0.05, 0) is 26.0 Å². The molecule has 0 unspecified atom stereocenters. The molecule has 27 heavy (non-hydrogen) atoms. The SMILES string of the molecule is Cc1cncc(N2CC[C@](O)(c3ccccc3)[C@H](N3CCN(C)CC3)C2)n1. The summed E-state index contributed by atoms with van der Waals surface area (Å²) >= 11 is 0. The van der Waals surface area contributed by atoms with Crippen molar-refractivity contribution in [2.45, 2.75) is 25.0 Å². The van der Waals surface area contributed by atoms with Gasteiger partial charge >= 0.3 is 0 Å². The predicted octanol–water partition coefficient (Wildman–Crippen LogP) is 1.50. The van der Waals surface area contributed by atoms with Crippen LogP contribution in [0.3, 0.4) is 0 Å². The molecule has 1 aromatic carbocycles. The number of piperidine rings is 1. The number of aliphatic hydroxyl groups is 1. The maximum Gasteiger partial charge on any atom is 0.147 e. The number of rotatable bonds is 3. The summed E-state index contributed by atoms with van der Waals surface area (Å²) in [6, 6.07) is 10.2. The summed E-state index contributed by atoms with van der Waals surface area (Å²) in [7, 11) is 2.16. The molecular formula is C21H29N5O. The van der Waals surface area contributed by atoms with Gasteiger partial charge < -0.3 is 14.9 Å². The van der Waals surface area contributed by atoms with E-state index in [1.807, 2.05) is 31.3 Å². The van der Waals surface area contributed by atoms with Gasteiger partial charge in [0.25, 0.3) is 0 Å². The molecule has 0 saturated carbocycles. The summed E-state index contributed by atoms with van der Waals surface area (Å²) in [4.78, 5) is 16.1. The lowest BCUT2D eigenvalue weighted by atomic mass is 9.79. The molecule has 0 amide bonds. The summed E-state index contributed by atoms with van der Waals surface area (Å²) < 4.78 is 0. The van der Waals surface area contributed by atoms with Crippen LogP contribution in [0, 0.1) is 6.92 Å². The lowest BCUT2D eigenvalue weighted by molar-refractivity contribution is -0.0757. The van der Waals surface area contributed by atoms with Gasteiger partial charge in [0.1, 0.15) is 11.4 Å². The Balaban J connectivity index is 1.64. The van der Waals surface area contributed by atoms with Gasteiger partial charge in [0.05, 0.1) is 17.9 Å². The fourth-order valence-electron chi connectivity index (χ4n) is 4.35. The lowest BCUT2D eigenvalue weighted by Crippen LogP contribution is -2.64. The number of benzene rings is 1. The van der Waals surface area contributed by atoms with Crippen molar-refractivity contribution in [3.63, 3.8) is 0 Å². The van der Waals surface area contributed by atoms with E-state index in [2.05, 4.69) is 43.8 Å². The standard InChI is InChI=1S/C21H29N5O/c1-17-14-22-15-20(23-17)26-9-8-21(27,18-6-4-3-5-7-18)19(16-26)25-12-10-24(2)11-13-25/h3-7,14-15,19,27H,8-13,16H2,1-2H3/t19-,21+/m1/s1. The molecule has 0 bridgehead atoms. The zero-order valence-electron chi connectivity index (χ0n) is 16.3. The minimum absolute atomic E-state index is 0.0321. The molecule has 6 heteroatoms. The van der Waals surface area contributed by atoms with E-state index in [9.17, 15) is 5.11 Å². The van der Waals surface area contributed by atoms with Crippen LogP contribution in [-0.4, -0.2) is 77.2 Å². The zero-order valence-corrected chi connectivity index (χ0v) is 16.3. The first-order valence-electron chi connectivity index (χ1n) is 9.80. The van der Waals surface area contributed by atoms with E-state index >= 15 is 0 Å². The van der Waals surface area contributed by atoms with E-state index in [1.54, 1.807) is 6.20 Å². The first-order chi connectivity index (χ1) is 13.1. The Bertz CT molecular complexity index is 762. The van der Waals surface area contributed by atoms with Crippen LogP contribution in [0.1, 0.15) is 17.7 Å². The molecule has 2 aliphatic heterocycles. The highest BCUT2D eigenvalue weighted by molar-refractivity contribution is 5.40. The number of likely N-dealkylation sites (N-methyl/N-ethyl adjacent to an activating group) is 1. The third-order valence-electron chi connectivity index (χ3n) is 6.03. The number of piperazine rings is 1. The molecule has 1 N–H and O–H groups in total. The molecule has 1 aromatic heterocycles. The van der Waals surface area contributed by atoms with Crippen LogP contribution in [0.15, 0.2) is 42.7 Å². The van der Waals surface area contributed by atoms with E-state index < -0.39 is 5.60 Å². The van der Waals surface area contributed by atoms with Crippen LogP contribution >= 0.6 is 0 Å². The van der Waals surface area contributed by atoms with Gasteiger partial charge in [0, 0.05) is 45.5 Å². The number of nitrogens with zero attached hydrogens (tertiary/aromatic N) is 5. The Morgan fingerprint density at radius 1 is 1.04 bits per heavy atom. The molecule has 2 fully saturated rings. The van der Waals surface area contributed by atoms with Crippen LogP contribution in [0.2, 0.25) is 0 Å². The molecular weight excluding hydrogens is 338 g/mol. The van der Waals surface area contributed by atoms with Crippen molar-refractivity contribution in [1.82, 2.24) is 19.8 Å². The summed E-state index contributed by atoms with van der Waals surface area (Å²) in [6.45, 7) is 7.52. The molecule has 2 aliphatic rings. The fraction of sp³-hybridized carbons (Fsp3) is 0.524. The third-order valence-corrected chi connectivity index (χ3v) is 6.03. The minimum atomic E-state index is -0.842. The molecule has 144 valence electrons. The van der Waals surface area contributed by atoms with Crippen LogP contribution in [-0.2, 0) is 5.60 Å². The maximum absolute atomic E-state index is 11.8. The van der Waals surface area contributed by atoms with Crippen LogP contribution < -0.4 is 4.90 Å². The largest absolute Gasteiger partial charge is 0.383 e. The second-order valence-corrected chi connectivity index (χ2v) is 7.86. The smallest absolute Gasteiger partial charge is 0.147 e. The average Bonchev–Trinajstić information content (AvgIpc) is 2.70. The molecule has 4 rings (SSSR count). The van der Waals surface area contributed by atoms with Crippen molar-refractivity contribution >= 4 is 5.82 Å². The van der Waals surface area contributed by atoms with Crippen LogP contribution in [0.25, 0.3) is 0 Å². The van der Waals surface area contributed by atoms with E-state index in [0.29, 0.717) is 6.42 Å². The van der Waals surface area contributed by atoms with Crippen molar-refractivity contribution in [1.29, 1.82) is 0 Å². The van der Waals surface area contributed by atoms with Crippen molar-refractivity contribution in [2.24, 2.45) is 0 Å². The first-order valence-corrected chi connectivity index (χ1v) is 9.80. The van der Waals surface area contributed by atoms with E-state index in [-0.39, 0.29) is 6.04 Å². The lowest BCUT2D eigenvalue weighted by Gasteiger charge is -2.51. The third kappa shape index (κ3) is 3.70. The number of anilines is 1. The Labute approximate surface area is 161 Å². The highest BCUT2D eigenvalue weighted by Gasteiger charge is 2.46. The Morgan fingerprint density at radius 3 is 2.48 bits per heavy atom. The van der Waals surface area contributed by atoms with Crippen molar-refractivity contribution in [2.75, 3.05) is 51.2 Å². The summed E-state index contributed by atoms with van der Waals surface area (Å²) in [6.07, 6.45) is 4.30. The van der Waals surface area contributed by atoms with Crippen LogP contribution in [0.4, 0.5) is 5.82 Å². The van der Waals surface area contributed by atoms with Gasteiger partial charge in [-0.15, -0.1) is 0 Å². The number of aryl methyl sites for hydroxylation is 1. The van der Waals surface area contributed by atoms with Crippen LogP contribution in [0.5, 0.6) is 0 Å². The zero-order chi connectivity index (χ0) is 18.9. The maximum atomic E-state index is 11.8. The van der Waals surface area contributed by atoms with Gasteiger partial charge in [0.2, 0.25) is 0 Å². The van der Waals surface area contributed by atoms with Gasteiger partial charge in [-0.2, -0.15) is 0 Å². The molecule has 2 atom stereocenters. The second-order valence-electron chi connectivity index (χ2n) is 7.86. The molecule has 0 spiro atoms. The average molecular weight is 367 g/mol. The molecule has 3 heterocycles. The molecule has 0 radical (unpaired) electrons. The monoisotopic (exact) mass is 367 g/mol. The highest BCUT2D eigenvalue weighted by atomic mass is 16.3. The molecule has 2 saturated heterocycles. The second kappa shape index (κ2) is 7.54. The van der Waals surface area contributed by atoms with E-state index in [4.69, 9.17) is 0 Å². The Kier molecular flexibility index (Phi) is 5.12. The number of aromatic nitrogens is 2. The summed E-state index contributed by atoms with van der Waals surface area (Å²) in [5, 5.41) is 11.8. The van der Waals surface area contributed by atoms with Gasteiger partial charge in [-0.25, -0.2) is 4.98 Å². The van der Waals surface area contributed by atoms with Crippen molar-refractivity contribution in [3.8, 4) is 0 Å². The van der Waals surface area contributed by atoms with Gasteiger partial charge in [0.15, 0.2) is 0 Å². The van der Waals surface area contributed by atoms with E-state index in [1.165, 1.54) is 0 Å². The number of hydrogen-bond donors (Lipinski definition) is 1. The summed E-state index contributed by atoms with van der Waals surface area (Å²) in [5.74, 6) is 0.907. The quantitative estimate of drug-likeness (QED) is 0.887. The Hall–Kier alpha value is -2.02. The fourth-order valence-corrected chi connectivity index (χ4v) is 4.35. The molecule has 0 aliphatic carbocycles. The van der Waals surface area contributed by atoms with Crippen molar-refractivity contribution < 1.29 is 5.11 Å². The Morgan fingerprint density at radius 2 is 1.78 bits per heavy atom. The highest BCUT2D eigenvalue weighted by Crippen LogP contribution is 2.37. The number of hydrogen-bond acceptors (Lipinski definition) is 6. The van der Waals surface area contributed by atoms with Gasteiger partial charge in [-0.1, -0.05) is 30.3 Å². The van der Waals surface area contributed by atoms with Gasteiger partial charge in [-0.3, -0.25) is 9.88 Å². The predicted molar refractivity (Wildman–Crippen MR) is 107 cm³/mol. The normalized spacial score (nSPS) is 27.7. The first kappa shape index (κ1) is 18.3. The summed E-state index contributed by atoms with van der Waals surface area (Å²) in [5.41, 5.74) is 1.10. The van der Waals surface area contributed by atoms with E-state index in [0.717, 1.165) is 56.3 Å².